The molecule has 1 amide bonds. The molecular formula is C17H18Cl2N4O2. The summed E-state index contributed by atoms with van der Waals surface area (Å²) in [6.07, 6.45) is 1.59. The summed E-state index contributed by atoms with van der Waals surface area (Å²) < 4.78 is 5.94. The van der Waals surface area contributed by atoms with Gasteiger partial charge in [0.05, 0.1) is 16.6 Å². The maximum Gasteiger partial charge on any atom is 0.274 e. The molecular weight excluding hydrogens is 363 g/mol. The number of rotatable bonds is 3. The van der Waals surface area contributed by atoms with Crippen molar-refractivity contribution in [2.24, 2.45) is 0 Å². The topological polar surface area (TPSA) is 70.2 Å². The van der Waals surface area contributed by atoms with Gasteiger partial charge in [-0.15, -0.1) is 0 Å². The molecule has 8 heteroatoms. The molecule has 0 aliphatic carbocycles. The number of fused-ring (bicyclic) bond motifs is 1. The van der Waals surface area contributed by atoms with E-state index in [0.717, 1.165) is 30.6 Å². The van der Waals surface area contributed by atoms with E-state index in [1.807, 2.05) is 0 Å². The van der Waals surface area contributed by atoms with Crippen molar-refractivity contribution >= 4 is 29.1 Å². The first kappa shape index (κ1) is 16.7. The second-order valence-corrected chi connectivity index (χ2v) is 7.13. The number of carbonyl (C=O) groups is 1. The van der Waals surface area contributed by atoms with Gasteiger partial charge in [0, 0.05) is 49.8 Å². The average molecular weight is 381 g/mol. The van der Waals surface area contributed by atoms with E-state index >= 15 is 0 Å². The smallest absolute Gasteiger partial charge is 0.274 e. The van der Waals surface area contributed by atoms with Gasteiger partial charge in [0.1, 0.15) is 11.9 Å². The summed E-state index contributed by atoms with van der Waals surface area (Å²) in [5, 5.41) is 11.5. The Bertz CT molecular complexity index is 808. The van der Waals surface area contributed by atoms with Crippen LogP contribution < -0.4 is 10.1 Å². The Kier molecular flexibility index (Phi) is 4.58. The minimum Gasteiger partial charge on any atom is -0.488 e. The van der Waals surface area contributed by atoms with Crippen LogP contribution in [0.1, 0.15) is 28.2 Å². The molecule has 1 aromatic heterocycles. The summed E-state index contributed by atoms with van der Waals surface area (Å²) in [6, 6.07) is 5.19. The van der Waals surface area contributed by atoms with E-state index in [9.17, 15) is 4.79 Å². The Morgan fingerprint density at radius 2 is 2.20 bits per heavy atom. The molecule has 2 N–H and O–H groups in total. The van der Waals surface area contributed by atoms with Crippen molar-refractivity contribution in [3.8, 4) is 5.75 Å². The minimum atomic E-state index is -0.0610. The maximum atomic E-state index is 12.8. The lowest BCUT2D eigenvalue weighted by atomic mass is 10.1. The summed E-state index contributed by atoms with van der Waals surface area (Å²) in [6.45, 7) is 2.78. The second kappa shape index (κ2) is 6.86. The number of aromatic nitrogens is 2. The lowest BCUT2D eigenvalue weighted by Crippen LogP contribution is -2.33. The lowest BCUT2D eigenvalue weighted by molar-refractivity contribution is 0.0765. The van der Waals surface area contributed by atoms with Crippen LogP contribution in [0.4, 0.5) is 0 Å². The molecule has 0 spiro atoms. The van der Waals surface area contributed by atoms with E-state index in [0.29, 0.717) is 41.1 Å². The van der Waals surface area contributed by atoms with Crippen molar-refractivity contribution in [2.45, 2.75) is 25.5 Å². The van der Waals surface area contributed by atoms with E-state index < -0.39 is 0 Å². The van der Waals surface area contributed by atoms with Gasteiger partial charge in [0.2, 0.25) is 0 Å². The van der Waals surface area contributed by atoms with Gasteiger partial charge in [-0.3, -0.25) is 9.89 Å². The van der Waals surface area contributed by atoms with Gasteiger partial charge in [-0.25, -0.2) is 0 Å². The number of aromatic amines is 1. The fraction of sp³-hybridized carbons (Fsp3) is 0.412. The molecule has 4 rings (SSSR count). The van der Waals surface area contributed by atoms with E-state index in [1.54, 1.807) is 23.1 Å². The Morgan fingerprint density at radius 1 is 1.32 bits per heavy atom. The van der Waals surface area contributed by atoms with Crippen molar-refractivity contribution in [1.82, 2.24) is 20.4 Å². The number of H-pyrrole nitrogens is 1. The molecule has 132 valence electrons. The number of likely N-dealkylation sites (tertiary alicyclic amines) is 1. The number of hydrogen-bond acceptors (Lipinski definition) is 4. The molecule has 1 aromatic carbocycles. The number of ether oxygens (including phenoxy) is 1. The van der Waals surface area contributed by atoms with Gasteiger partial charge in [-0.2, -0.15) is 5.10 Å². The number of amides is 1. The molecule has 6 nitrogen and oxygen atoms in total. The zero-order valence-corrected chi connectivity index (χ0v) is 15.0. The van der Waals surface area contributed by atoms with Gasteiger partial charge in [-0.05, 0) is 12.1 Å². The van der Waals surface area contributed by atoms with Crippen molar-refractivity contribution < 1.29 is 9.53 Å². The van der Waals surface area contributed by atoms with Crippen LogP contribution >= 0.6 is 23.2 Å². The first-order valence-corrected chi connectivity index (χ1v) is 9.05. The highest BCUT2D eigenvalue weighted by atomic mass is 35.5. The molecule has 0 saturated carbocycles. The highest BCUT2D eigenvalue weighted by Gasteiger charge is 2.32. The molecule has 2 aliphatic rings. The molecule has 0 radical (unpaired) electrons. The first-order valence-electron chi connectivity index (χ1n) is 8.29. The van der Waals surface area contributed by atoms with Crippen LogP contribution in [-0.4, -0.2) is 46.7 Å². The fourth-order valence-corrected chi connectivity index (χ4v) is 3.59. The lowest BCUT2D eigenvalue weighted by Gasteiger charge is -2.18. The van der Waals surface area contributed by atoms with E-state index in [-0.39, 0.29) is 12.0 Å². The van der Waals surface area contributed by atoms with Crippen LogP contribution in [0.2, 0.25) is 10.0 Å². The summed E-state index contributed by atoms with van der Waals surface area (Å²) in [5.74, 6) is 0.622. The van der Waals surface area contributed by atoms with Gasteiger partial charge < -0.3 is 15.0 Å². The third-order valence-corrected chi connectivity index (χ3v) is 5.37. The first-order chi connectivity index (χ1) is 12.1. The van der Waals surface area contributed by atoms with Crippen molar-refractivity contribution in [3.63, 3.8) is 0 Å². The molecule has 1 fully saturated rings. The molecule has 2 aromatic rings. The summed E-state index contributed by atoms with van der Waals surface area (Å²) >= 11 is 11.9. The van der Waals surface area contributed by atoms with Crippen LogP contribution in [0.25, 0.3) is 0 Å². The molecule has 0 bridgehead atoms. The maximum absolute atomic E-state index is 12.8. The van der Waals surface area contributed by atoms with Crippen molar-refractivity contribution in [2.75, 3.05) is 19.6 Å². The molecule has 1 atom stereocenters. The summed E-state index contributed by atoms with van der Waals surface area (Å²) in [7, 11) is 0. The number of nitrogens with one attached hydrogen (secondary N) is 2. The molecule has 3 heterocycles. The predicted octanol–water partition coefficient (Wildman–Crippen LogP) is 2.66. The van der Waals surface area contributed by atoms with E-state index in [1.165, 1.54) is 0 Å². The third kappa shape index (κ3) is 3.34. The standard InChI is InChI=1S/C17H18Cl2N4O2/c18-13-2-1-10(7-14(13)19)25-11-4-6-23(9-11)17(24)16-12-8-20-5-3-15(12)21-22-16/h1-2,7,11,20H,3-6,8-9H2,(H,21,22). The van der Waals surface area contributed by atoms with Crippen LogP contribution in [0.5, 0.6) is 5.75 Å². The Balaban J connectivity index is 1.42. The van der Waals surface area contributed by atoms with Crippen molar-refractivity contribution in [1.29, 1.82) is 0 Å². The number of halogens is 2. The Hall–Kier alpha value is -1.76. The number of nitrogens with zero attached hydrogens (tertiary/aromatic N) is 2. The predicted molar refractivity (Wildman–Crippen MR) is 95.4 cm³/mol. The van der Waals surface area contributed by atoms with E-state index in [2.05, 4.69) is 15.5 Å². The summed E-state index contributed by atoms with van der Waals surface area (Å²) in [4.78, 5) is 14.6. The number of benzene rings is 1. The van der Waals surface area contributed by atoms with Gasteiger partial charge >= 0.3 is 0 Å². The fourth-order valence-electron chi connectivity index (χ4n) is 3.30. The van der Waals surface area contributed by atoms with Crippen LogP contribution in [0.3, 0.4) is 0 Å². The monoisotopic (exact) mass is 380 g/mol. The van der Waals surface area contributed by atoms with Gasteiger partial charge in [0.25, 0.3) is 5.91 Å². The van der Waals surface area contributed by atoms with E-state index in [4.69, 9.17) is 27.9 Å². The highest BCUT2D eigenvalue weighted by Crippen LogP contribution is 2.28. The largest absolute Gasteiger partial charge is 0.488 e. The third-order valence-electron chi connectivity index (χ3n) is 4.63. The zero-order chi connectivity index (χ0) is 17.4. The number of carbonyl (C=O) groups excluding carboxylic acids is 1. The molecule has 1 saturated heterocycles. The Labute approximate surface area is 155 Å². The minimum absolute atomic E-state index is 0.0403. The van der Waals surface area contributed by atoms with Gasteiger partial charge in [-0.1, -0.05) is 23.2 Å². The quantitative estimate of drug-likeness (QED) is 0.858. The second-order valence-electron chi connectivity index (χ2n) is 6.31. The highest BCUT2D eigenvalue weighted by molar-refractivity contribution is 6.42. The SMILES string of the molecule is O=C(c1n[nH]c2c1CNCC2)N1CCC(Oc2ccc(Cl)c(Cl)c2)C1. The Morgan fingerprint density at radius 3 is 3.04 bits per heavy atom. The molecule has 1 unspecified atom stereocenters. The normalized spacial score (nSPS) is 19.8. The summed E-state index contributed by atoms with van der Waals surface area (Å²) in [5.41, 5.74) is 2.58. The average Bonchev–Trinajstić information content (AvgIpc) is 3.24. The van der Waals surface area contributed by atoms with Crippen LogP contribution in [0, 0.1) is 0 Å². The zero-order valence-electron chi connectivity index (χ0n) is 13.5. The number of hydrogen-bond donors (Lipinski definition) is 2. The van der Waals surface area contributed by atoms with Crippen LogP contribution in [-0.2, 0) is 13.0 Å². The van der Waals surface area contributed by atoms with Crippen LogP contribution in [0.15, 0.2) is 18.2 Å². The molecule has 2 aliphatic heterocycles. The van der Waals surface area contributed by atoms with Gasteiger partial charge in [0.15, 0.2) is 5.69 Å². The molecule has 25 heavy (non-hydrogen) atoms. The van der Waals surface area contributed by atoms with Crippen molar-refractivity contribution in [3.05, 3.63) is 45.2 Å².